The number of sulfonamides is 1. The van der Waals surface area contributed by atoms with Gasteiger partial charge in [0.05, 0.1) is 26.6 Å². The number of anilines is 1. The Kier molecular flexibility index (Phi) is 10.5. The number of nitrogens with zero attached hydrogens (tertiary/aromatic N) is 2. The predicted molar refractivity (Wildman–Crippen MR) is 161 cm³/mol. The molecule has 3 N–H and O–H groups in total. The van der Waals surface area contributed by atoms with Crippen molar-refractivity contribution >= 4 is 79.9 Å². The summed E-state index contributed by atoms with van der Waals surface area (Å²) in [6.45, 7) is -0.0517. The van der Waals surface area contributed by atoms with Gasteiger partial charge in [0.15, 0.2) is 0 Å². The van der Waals surface area contributed by atoms with Gasteiger partial charge in [0.2, 0.25) is 15.9 Å². The third kappa shape index (κ3) is 7.58. The van der Waals surface area contributed by atoms with Gasteiger partial charge in [0.25, 0.3) is 5.91 Å². The highest BCUT2D eigenvalue weighted by Gasteiger charge is 2.47. The smallest absolute Gasteiger partial charge is 0.326 e. The van der Waals surface area contributed by atoms with Crippen LogP contribution in [0, 0.1) is 0 Å². The number of carboxylic acid groups (broad SMARTS) is 1. The van der Waals surface area contributed by atoms with Crippen molar-refractivity contribution in [2.75, 3.05) is 19.0 Å². The van der Waals surface area contributed by atoms with Crippen molar-refractivity contribution in [3.05, 3.63) is 86.1 Å². The number of carboxylic acids is 1. The Labute approximate surface area is 267 Å². The SMILES string of the molecule is CO[C@@H]1CCN(S(=O)(=O)c2cc(Cl)cc(Cl)c2)[C@H]1C(=O)N[C@@H](Cc1ccc(NC(=O)c2c(Cl)cncc2Cl)cc1)C(=O)O. The molecule has 16 heteroatoms. The number of nitrogens with one attached hydrogen (secondary N) is 2. The number of carbonyl (C=O) groups excluding carboxylic acids is 2. The van der Waals surface area contributed by atoms with Crippen molar-refractivity contribution in [2.24, 2.45) is 0 Å². The molecule has 228 valence electrons. The summed E-state index contributed by atoms with van der Waals surface area (Å²) in [4.78, 5) is 41.8. The lowest BCUT2D eigenvalue weighted by atomic mass is 10.0. The van der Waals surface area contributed by atoms with Gasteiger partial charge in [-0.2, -0.15) is 4.31 Å². The number of methoxy groups -OCH3 is 1. The molecule has 2 amide bonds. The standard InChI is InChI=1S/C27H24Cl4N4O7S/c1-42-22-6-7-35(43(40,41)18-10-15(28)9-16(29)11-18)24(22)26(37)34-21(27(38)39)8-14-2-4-17(5-3-14)33-25(36)23-19(30)12-32-13-20(23)31/h2-5,9-13,21-22,24H,6-8H2,1H3,(H,33,36)(H,34,37)(H,38,39)/t21-,22+,24+/m0/s1. The number of rotatable bonds is 10. The van der Waals surface area contributed by atoms with Crippen LogP contribution in [0.15, 0.2) is 59.8 Å². The van der Waals surface area contributed by atoms with Crippen molar-refractivity contribution < 1.29 is 32.6 Å². The first kappa shape index (κ1) is 32.9. The lowest BCUT2D eigenvalue weighted by Crippen LogP contribution is -2.54. The molecule has 3 aromatic rings. The van der Waals surface area contributed by atoms with Crippen molar-refractivity contribution in [3.63, 3.8) is 0 Å². The predicted octanol–water partition coefficient (Wildman–Crippen LogP) is 4.54. The van der Waals surface area contributed by atoms with Gasteiger partial charge in [-0.25, -0.2) is 13.2 Å². The normalized spacial score (nSPS) is 17.8. The molecule has 3 atom stereocenters. The molecule has 1 aliphatic heterocycles. The maximum atomic E-state index is 13.5. The van der Waals surface area contributed by atoms with Crippen LogP contribution in [0.25, 0.3) is 0 Å². The largest absolute Gasteiger partial charge is 0.480 e. The van der Waals surface area contributed by atoms with Crippen LogP contribution in [-0.2, 0) is 30.8 Å². The minimum atomic E-state index is -4.25. The van der Waals surface area contributed by atoms with Crippen LogP contribution in [0.1, 0.15) is 22.3 Å². The van der Waals surface area contributed by atoms with Crippen LogP contribution < -0.4 is 10.6 Å². The zero-order valence-electron chi connectivity index (χ0n) is 22.3. The van der Waals surface area contributed by atoms with Gasteiger partial charge in [-0.05, 0) is 42.3 Å². The van der Waals surface area contributed by atoms with E-state index in [9.17, 15) is 27.9 Å². The molecule has 0 bridgehead atoms. The Morgan fingerprint density at radius 3 is 2.21 bits per heavy atom. The number of aromatic nitrogens is 1. The molecular weight excluding hydrogens is 666 g/mol. The van der Waals surface area contributed by atoms with Crippen LogP contribution in [-0.4, -0.2) is 72.4 Å². The van der Waals surface area contributed by atoms with E-state index in [0.29, 0.717) is 11.3 Å². The van der Waals surface area contributed by atoms with Crippen molar-refractivity contribution in [2.45, 2.75) is 35.9 Å². The summed E-state index contributed by atoms with van der Waals surface area (Å²) >= 11 is 24.1. The van der Waals surface area contributed by atoms with E-state index in [4.69, 9.17) is 51.1 Å². The van der Waals surface area contributed by atoms with E-state index in [0.717, 1.165) is 4.31 Å². The molecule has 2 heterocycles. The zero-order chi connectivity index (χ0) is 31.5. The maximum Gasteiger partial charge on any atom is 0.326 e. The van der Waals surface area contributed by atoms with Gasteiger partial charge in [-0.3, -0.25) is 14.6 Å². The second kappa shape index (κ2) is 13.8. The van der Waals surface area contributed by atoms with Crippen LogP contribution in [0.5, 0.6) is 0 Å². The highest BCUT2D eigenvalue weighted by molar-refractivity contribution is 7.89. The maximum absolute atomic E-state index is 13.5. The number of hydrogen-bond donors (Lipinski definition) is 3. The number of amides is 2. The molecule has 11 nitrogen and oxygen atoms in total. The summed E-state index contributed by atoms with van der Waals surface area (Å²) in [7, 11) is -2.92. The average molecular weight is 690 g/mol. The first-order valence-electron chi connectivity index (χ1n) is 12.5. The Morgan fingerprint density at radius 1 is 1.05 bits per heavy atom. The van der Waals surface area contributed by atoms with Crippen LogP contribution in [0.2, 0.25) is 20.1 Å². The van der Waals surface area contributed by atoms with Gasteiger partial charge < -0.3 is 20.5 Å². The van der Waals surface area contributed by atoms with Gasteiger partial charge in [-0.1, -0.05) is 58.5 Å². The zero-order valence-corrected chi connectivity index (χ0v) is 26.1. The molecule has 0 saturated carbocycles. The van der Waals surface area contributed by atoms with Crippen molar-refractivity contribution in [3.8, 4) is 0 Å². The van der Waals surface area contributed by atoms with E-state index in [1.165, 1.54) is 37.7 Å². The molecule has 1 fully saturated rings. The van der Waals surface area contributed by atoms with Crippen molar-refractivity contribution in [1.29, 1.82) is 0 Å². The van der Waals surface area contributed by atoms with Gasteiger partial charge in [-0.15, -0.1) is 0 Å². The monoisotopic (exact) mass is 688 g/mol. The Balaban J connectivity index is 1.49. The minimum Gasteiger partial charge on any atom is -0.480 e. The van der Waals surface area contributed by atoms with Crippen LogP contribution >= 0.6 is 46.4 Å². The third-order valence-corrected chi connectivity index (χ3v) is 9.53. The fourth-order valence-corrected chi connectivity index (χ4v) is 7.50. The van der Waals surface area contributed by atoms with Gasteiger partial charge >= 0.3 is 5.97 Å². The van der Waals surface area contributed by atoms with E-state index in [1.54, 1.807) is 24.3 Å². The first-order valence-corrected chi connectivity index (χ1v) is 15.5. The molecule has 0 unspecified atom stereocenters. The summed E-state index contributed by atoms with van der Waals surface area (Å²) in [6, 6.07) is 7.26. The minimum absolute atomic E-state index is 0.0480. The average Bonchev–Trinajstić information content (AvgIpc) is 3.38. The Hall–Kier alpha value is -2.97. The van der Waals surface area contributed by atoms with Gasteiger partial charge in [0, 0.05) is 48.2 Å². The number of ether oxygens (including phenoxy) is 1. The van der Waals surface area contributed by atoms with E-state index in [-0.39, 0.29) is 49.9 Å². The molecule has 1 aromatic heterocycles. The number of pyridine rings is 1. The molecule has 2 aromatic carbocycles. The molecule has 0 aliphatic carbocycles. The van der Waals surface area contributed by atoms with Crippen LogP contribution in [0.3, 0.4) is 0 Å². The Morgan fingerprint density at radius 2 is 1.65 bits per heavy atom. The van der Waals surface area contributed by atoms with Crippen molar-refractivity contribution in [1.82, 2.24) is 14.6 Å². The highest BCUT2D eigenvalue weighted by Crippen LogP contribution is 2.31. The number of hydrogen-bond acceptors (Lipinski definition) is 7. The third-order valence-electron chi connectivity index (χ3n) is 6.66. The molecule has 1 aliphatic rings. The fourth-order valence-electron chi connectivity index (χ4n) is 4.60. The molecule has 1 saturated heterocycles. The lowest BCUT2D eigenvalue weighted by molar-refractivity contribution is -0.142. The molecule has 4 rings (SSSR count). The summed E-state index contributed by atoms with van der Waals surface area (Å²) in [5.41, 5.74) is 0.940. The summed E-state index contributed by atoms with van der Waals surface area (Å²) in [6.07, 6.45) is 1.80. The molecule has 0 spiro atoms. The summed E-state index contributed by atoms with van der Waals surface area (Å²) < 4.78 is 33.3. The number of aliphatic carboxylic acids is 1. The first-order chi connectivity index (χ1) is 20.3. The quantitative estimate of drug-likeness (QED) is 0.280. The summed E-state index contributed by atoms with van der Waals surface area (Å²) in [5.74, 6) is -2.75. The second-order valence-corrected chi connectivity index (χ2v) is 13.0. The number of benzene rings is 2. The topological polar surface area (TPSA) is 155 Å². The van der Waals surface area contributed by atoms with E-state index < -0.39 is 46.0 Å². The number of carbonyl (C=O) groups is 3. The van der Waals surface area contributed by atoms with E-state index >= 15 is 0 Å². The van der Waals surface area contributed by atoms with E-state index in [2.05, 4.69) is 15.6 Å². The van der Waals surface area contributed by atoms with E-state index in [1.807, 2.05) is 0 Å². The molecule has 0 radical (unpaired) electrons. The van der Waals surface area contributed by atoms with Gasteiger partial charge in [0.1, 0.15) is 12.1 Å². The number of halogens is 4. The lowest BCUT2D eigenvalue weighted by Gasteiger charge is -2.27. The second-order valence-electron chi connectivity index (χ2n) is 9.46. The molecule has 43 heavy (non-hydrogen) atoms. The highest BCUT2D eigenvalue weighted by atomic mass is 35.5. The molecular formula is C27H24Cl4N4O7S. The Bertz CT molecular complexity index is 1620. The summed E-state index contributed by atoms with van der Waals surface area (Å²) in [5, 5.41) is 15.3. The van der Waals surface area contributed by atoms with Crippen LogP contribution in [0.4, 0.5) is 5.69 Å². The fraction of sp³-hybridized carbons (Fsp3) is 0.259.